The largest absolute Gasteiger partial charge is 0.356 e. The molecule has 1 fully saturated rings. The molecular formula is C36H56BrN5O7S2. The molecule has 0 atom stereocenters. The number of likely N-dealkylation sites (tertiary alicyclic amines) is 1. The van der Waals surface area contributed by atoms with Gasteiger partial charge in [-0.2, -0.15) is 0 Å². The number of amides is 6. The number of alkyl halides is 1. The fraction of sp³-hybridized carbons (Fsp3) is 0.611. The van der Waals surface area contributed by atoms with Gasteiger partial charge in [0.25, 0.3) is 11.8 Å². The van der Waals surface area contributed by atoms with E-state index in [0.29, 0.717) is 42.5 Å². The van der Waals surface area contributed by atoms with Gasteiger partial charge in [0.15, 0.2) is 5.78 Å². The molecule has 0 saturated carbocycles. The number of pyridine rings is 1. The summed E-state index contributed by atoms with van der Waals surface area (Å²) in [5.74, 6) is 1.80. The molecule has 286 valence electrons. The van der Waals surface area contributed by atoms with Crippen LogP contribution in [0.5, 0.6) is 0 Å². The van der Waals surface area contributed by atoms with Crippen LogP contribution in [0, 0.1) is 23.7 Å². The standard InChI is InChI=1S/C12H18N2OS2.C10H15NO3.C8H11NO2.C6H12BrNO/c1-10(2)9-14-11(15)6-8-16-17-12-5-3-4-7-13-12;1-7(2)5-8(12)6-11-9(13)3-4-10(11)14;1-6(2)5-9-7(10)3-4-8(9)11;1-5(2)4-8-6(9)3-7/h3-5,7,10H,6,8-9H2,1-2H3,(H,14,15);7H,3-6H2,1-2H3;3-4,6H,5H2,1-2H3;5H,3-4H2,1-2H3,(H,8,9). The number of imide groups is 2. The molecule has 1 aromatic heterocycles. The van der Waals surface area contributed by atoms with Crippen LogP contribution in [-0.4, -0.2) is 93.3 Å². The number of rotatable bonds is 16. The van der Waals surface area contributed by atoms with Crippen molar-refractivity contribution in [2.75, 3.05) is 37.3 Å². The maximum Gasteiger partial charge on any atom is 0.253 e. The van der Waals surface area contributed by atoms with Crippen molar-refractivity contribution in [3.05, 3.63) is 36.5 Å². The third-order valence-electron chi connectivity index (χ3n) is 6.30. The van der Waals surface area contributed by atoms with Gasteiger partial charge in [-0.1, -0.05) is 88.2 Å². The first-order valence-electron chi connectivity index (χ1n) is 17.1. The van der Waals surface area contributed by atoms with Crippen molar-refractivity contribution in [3.8, 4) is 0 Å². The molecule has 0 spiro atoms. The van der Waals surface area contributed by atoms with Gasteiger partial charge in [0.05, 0.1) is 11.9 Å². The first-order valence-corrected chi connectivity index (χ1v) is 20.6. The lowest BCUT2D eigenvalue weighted by molar-refractivity contribution is -0.142. The predicted molar refractivity (Wildman–Crippen MR) is 208 cm³/mol. The van der Waals surface area contributed by atoms with Crippen LogP contribution in [0.25, 0.3) is 0 Å². The fourth-order valence-electron chi connectivity index (χ4n) is 3.88. The number of Topliss-reactive ketones (excluding diaryl/α,β-unsaturated/α-hetero) is 1. The van der Waals surface area contributed by atoms with Crippen molar-refractivity contribution in [2.24, 2.45) is 23.7 Å². The number of ketones is 1. The second kappa shape index (κ2) is 27.6. The van der Waals surface area contributed by atoms with Crippen LogP contribution < -0.4 is 10.6 Å². The Bertz CT molecular complexity index is 1260. The number of hydrogen-bond donors (Lipinski definition) is 2. The maximum absolute atomic E-state index is 11.4. The second-order valence-corrected chi connectivity index (χ2v) is 16.4. The van der Waals surface area contributed by atoms with E-state index >= 15 is 0 Å². The quantitative estimate of drug-likeness (QED) is 0.0950. The number of carbonyl (C=O) groups excluding carboxylic acids is 7. The van der Waals surface area contributed by atoms with Crippen LogP contribution in [0.4, 0.5) is 0 Å². The van der Waals surface area contributed by atoms with Gasteiger partial charge in [-0.25, -0.2) is 4.98 Å². The highest BCUT2D eigenvalue weighted by molar-refractivity contribution is 9.09. The molecule has 51 heavy (non-hydrogen) atoms. The molecule has 2 N–H and O–H groups in total. The van der Waals surface area contributed by atoms with Gasteiger partial charge < -0.3 is 10.6 Å². The Kier molecular flexibility index (Phi) is 25.9. The number of hydrogen-bond acceptors (Lipinski definition) is 10. The van der Waals surface area contributed by atoms with Crippen molar-refractivity contribution >= 4 is 78.7 Å². The van der Waals surface area contributed by atoms with Crippen LogP contribution in [-0.2, 0) is 33.6 Å². The van der Waals surface area contributed by atoms with Gasteiger partial charge in [-0.15, -0.1) is 0 Å². The molecule has 2 aliphatic heterocycles. The van der Waals surface area contributed by atoms with E-state index in [4.69, 9.17) is 0 Å². The number of nitrogens with zero attached hydrogens (tertiary/aromatic N) is 3. The van der Waals surface area contributed by atoms with Gasteiger partial charge in [0, 0.05) is 69.4 Å². The number of nitrogens with one attached hydrogen (secondary N) is 2. The van der Waals surface area contributed by atoms with E-state index in [-0.39, 0.29) is 66.5 Å². The Morgan fingerprint density at radius 2 is 1.33 bits per heavy atom. The molecule has 0 unspecified atom stereocenters. The van der Waals surface area contributed by atoms with Crippen molar-refractivity contribution in [1.82, 2.24) is 25.4 Å². The normalized spacial score (nSPS) is 13.6. The lowest BCUT2D eigenvalue weighted by Crippen LogP contribution is -2.34. The molecule has 3 heterocycles. The highest BCUT2D eigenvalue weighted by Crippen LogP contribution is 2.29. The van der Waals surface area contributed by atoms with Gasteiger partial charge >= 0.3 is 0 Å². The summed E-state index contributed by atoms with van der Waals surface area (Å²) in [7, 11) is 3.27. The van der Waals surface area contributed by atoms with Crippen LogP contribution in [0.3, 0.4) is 0 Å². The molecule has 15 heteroatoms. The Labute approximate surface area is 320 Å². The molecule has 1 aromatic rings. The minimum atomic E-state index is -0.216. The van der Waals surface area contributed by atoms with E-state index in [1.807, 2.05) is 45.9 Å². The zero-order valence-electron chi connectivity index (χ0n) is 31.2. The van der Waals surface area contributed by atoms with Crippen LogP contribution in [0.2, 0.25) is 0 Å². The summed E-state index contributed by atoms with van der Waals surface area (Å²) in [5, 5.41) is 7.04. The first kappa shape index (κ1) is 48.0. The van der Waals surface area contributed by atoms with Crippen molar-refractivity contribution in [2.45, 2.75) is 86.1 Å². The second-order valence-electron chi connectivity index (χ2n) is 13.4. The smallest absolute Gasteiger partial charge is 0.253 e. The van der Waals surface area contributed by atoms with Crippen LogP contribution in [0.15, 0.2) is 41.6 Å². The minimum absolute atomic E-state index is 0.0319. The number of carbonyl (C=O) groups is 7. The zero-order chi connectivity index (χ0) is 38.9. The Morgan fingerprint density at radius 3 is 1.78 bits per heavy atom. The average Bonchev–Trinajstić information content (AvgIpc) is 3.55. The molecular weight excluding hydrogens is 758 g/mol. The summed E-state index contributed by atoms with van der Waals surface area (Å²) < 4.78 is 0. The van der Waals surface area contributed by atoms with E-state index in [2.05, 4.69) is 59.2 Å². The topological polar surface area (TPSA) is 163 Å². The SMILES string of the molecule is CC(C)CC(=O)CN1C(=O)CCC1=O.CC(C)CN1C(=O)C=CC1=O.CC(C)CNC(=O)CBr.CC(C)CNC(=O)CCSSc1ccccn1. The van der Waals surface area contributed by atoms with E-state index in [9.17, 15) is 33.6 Å². The molecule has 12 nitrogen and oxygen atoms in total. The molecule has 1 saturated heterocycles. The van der Waals surface area contributed by atoms with E-state index in [1.54, 1.807) is 27.8 Å². The monoisotopic (exact) mass is 813 g/mol. The Balaban J connectivity index is 0.000000672. The molecule has 6 amide bonds. The number of halogens is 1. The Morgan fingerprint density at radius 1 is 0.784 bits per heavy atom. The van der Waals surface area contributed by atoms with Crippen LogP contribution >= 0.6 is 37.5 Å². The lowest BCUT2D eigenvalue weighted by atomic mass is 10.1. The molecule has 0 aromatic carbocycles. The van der Waals surface area contributed by atoms with Crippen molar-refractivity contribution in [3.63, 3.8) is 0 Å². The highest BCUT2D eigenvalue weighted by Gasteiger charge is 2.30. The van der Waals surface area contributed by atoms with E-state index in [0.717, 1.165) is 28.8 Å². The van der Waals surface area contributed by atoms with Gasteiger partial charge in [0.2, 0.25) is 23.6 Å². The first-order chi connectivity index (χ1) is 24.0. The number of aromatic nitrogens is 1. The maximum atomic E-state index is 11.4. The summed E-state index contributed by atoms with van der Waals surface area (Å²) in [6, 6.07) is 5.83. The van der Waals surface area contributed by atoms with Crippen molar-refractivity contribution in [1.29, 1.82) is 0 Å². The average molecular weight is 815 g/mol. The molecule has 0 radical (unpaired) electrons. The van der Waals surface area contributed by atoms with Gasteiger partial charge in [-0.3, -0.25) is 43.4 Å². The third-order valence-corrected chi connectivity index (χ3v) is 9.08. The highest BCUT2D eigenvalue weighted by atomic mass is 79.9. The fourth-order valence-corrected chi connectivity index (χ4v) is 5.94. The summed E-state index contributed by atoms with van der Waals surface area (Å²) in [5.41, 5.74) is 0. The molecule has 0 aliphatic carbocycles. The molecule has 2 aliphatic rings. The van der Waals surface area contributed by atoms with Crippen LogP contribution in [0.1, 0.15) is 81.1 Å². The summed E-state index contributed by atoms with van der Waals surface area (Å²) in [6.07, 6.45) is 5.91. The third kappa shape index (κ3) is 24.7. The molecule has 0 bridgehead atoms. The van der Waals surface area contributed by atoms with E-state index < -0.39 is 0 Å². The predicted octanol–water partition coefficient (Wildman–Crippen LogP) is 5.46. The minimum Gasteiger partial charge on any atom is -0.356 e. The Hall–Kier alpha value is -3.04. The van der Waals surface area contributed by atoms with Gasteiger partial charge in [0.1, 0.15) is 5.03 Å². The van der Waals surface area contributed by atoms with Gasteiger partial charge in [-0.05, 0) is 46.6 Å². The van der Waals surface area contributed by atoms with Crippen molar-refractivity contribution < 1.29 is 33.6 Å². The summed E-state index contributed by atoms with van der Waals surface area (Å²) in [6.45, 7) is 18.1. The summed E-state index contributed by atoms with van der Waals surface area (Å²) >= 11 is 3.05. The molecule has 3 rings (SSSR count). The summed E-state index contributed by atoms with van der Waals surface area (Å²) in [4.78, 5) is 84.0. The van der Waals surface area contributed by atoms with E-state index in [1.165, 1.54) is 17.1 Å². The lowest BCUT2D eigenvalue weighted by Gasteiger charge is -2.15. The zero-order valence-corrected chi connectivity index (χ0v) is 34.5.